The van der Waals surface area contributed by atoms with E-state index in [9.17, 15) is 18.8 Å². The predicted octanol–water partition coefficient (Wildman–Crippen LogP) is 2.85. The highest BCUT2D eigenvalue weighted by molar-refractivity contribution is 6.31. The van der Waals surface area contributed by atoms with Gasteiger partial charge in [-0.15, -0.1) is 0 Å². The quantitative estimate of drug-likeness (QED) is 0.721. The van der Waals surface area contributed by atoms with Gasteiger partial charge in [-0.05, 0) is 42.3 Å². The second-order valence-corrected chi connectivity index (χ2v) is 8.09. The minimum atomic E-state index is -0.807. The van der Waals surface area contributed by atoms with Gasteiger partial charge in [-0.1, -0.05) is 29.8 Å². The zero-order valence-electron chi connectivity index (χ0n) is 17.4. The number of nitrogens with zero attached hydrogens (tertiary/aromatic N) is 3. The molecule has 1 saturated heterocycles. The molecule has 0 radical (unpaired) electrons. The SMILES string of the molecule is Cc1ccc(Cl)cc1NC(=O)CN1C(=O)N(Cc2ccc(F)cc2)C(=O)C2NN(C)C=C21. The van der Waals surface area contributed by atoms with E-state index in [4.69, 9.17) is 11.6 Å². The lowest BCUT2D eigenvalue weighted by molar-refractivity contribution is -0.133. The Kier molecular flexibility index (Phi) is 5.86. The highest BCUT2D eigenvalue weighted by atomic mass is 35.5. The molecule has 32 heavy (non-hydrogen) atoms. The molecule has 2 aliphatic rings. The molecule has 2 aromatic carbocycles. The summed E-state index contributed by atoms with van der Waals surface area (Å²) in [6, 6.07) is 9.24. The van der Waals surface area contributed by atoms with E-state index in [1.54, 1.807) is 36.5 Å². The van der Waals surface area contributed by atoms with Crippen LogP contribution in [0, 0.1) is 12.7 Å². The Labute approximate surface area is 189 Å². The highest BCUT2D eigenvalue weighted by Crippen LogP contribution is 2.27. The maximum Gasteiger partial charge on any atom is 0.331 e. The van der Waals surface area contributed by atoms with Crippen LogP contribution in [0.3, 0.4) is 0 Å². The van der Waals surface area contributed by atoms with Crippen molar-refractivity contribution in [2.24, 2.45) is 0 Å². The van der Waals surface area contributed by atoms with Crippen molar-refractivity contribution in [3.05, 3.63) is 76.3 Å². The van der Waals surface area contributed by atoms with Gasteiger partial charge in [0, 0.05) is 24.0 Å². The molecule has 4 rings (SSSR count). The van der Waals surface area contributed by atoms with Crippen molar-refractivity contribution in [2.75, 3.05) is 18.9 Å². The molecule has 2 N–H and O–H groups in total. The van der Waals surface area contributed by atoms with Crippen LogP contribution in [0.25, 0.3) is 0 Å². The number of carbonyl (C=O) groups excluding carboxylic acids is 3. The Morgan fingerprint density at radius 1 is 1.16 bits per heavy atom. The van der Waals surface area contributed by atoms with Crippen molar-refractivity contribution in [1.29, 1.82) is 0 Å². The molecular formula is C22H21ClFN5O3. The Bertz CT molecular complexity index is 1120. The van der Waals surface area contributed by atoms with Crippen molar-refractivity contribution >= 4 is 35.1 Å². The fraction of sp³-hybridized carbons (Fsp3) is 0.227. The Morgan fingerprint density at radius 2 is 1.88 bits per heavy atom. The first kappa shape index (κ1) is 21.8. The van der Waals surface area contributed by atoms with Crippen LogP contribution >= 0.6 is 11.6 Å². The molecule has 1 atom stereocenters. The summed E-state index contributed by atoms with van der Waals surface area (Å²) in [7, 11) is 1.70. The Morgan fingerprint density at radius 3 is 2.59 bits per heavy atom. The zero-order chi connectivity index (χ0) is 23.0. The number of hydrogen-bond acceptors (Lipinski definition) is 5. The summed E-state index contributed by atoms with van der Waals surface area (Å²) in [6.07, 6.45) is 1.60. The van der Waals surface area contributed by atoms with Crippen LogP contribution in [0.15, 0.2) is 54.4 Å². The van der Waals surface area contributed by atoms with Gasteiger partial charge in [0.2, 0.25) is 5.91 Å². The van der Waals surface area contributed by atoms with Gasteiger partial charge < -0.3 is 10.3 Å². The number of fused-ring (bicyclic) bond motifs is 1. The number of rotatable bonds is 5. The van der Waals surface area contributed by atoms with E-state index < -0.39 is 29.7 Å². The molecule has 0 aromatic heterocycles. The number of benzene rings is 2. The standard InChI is InChI=1S/C22H21ClFN5O3/c1-13-3-6-15(23)9-17(13)25-19(30)12-28-18-11-27(2)26-20(18)21(31)29(22(28)32)10-14-4-7-16(24)8-5-14/h3-9,11,20,26H,10,12H2,1-2H3,(H,25,30). The molecule has 4 amide bonds. The minimum absolute atomic E-state index is 0.0430. The van der Waals surface area contributed by atoms with E-state index in [1.807, 2.05) is 6.92 Å². The minimum Gasteiger partial charge on any atom is -0.324 e. The maximum absolute atomic E-state index is 13.2. The van der Waals surface area contributed by atoms with Gasteiger partial charge in [0.25, 0.3) is 5.91 Å². The van der Waals surface area contributed by atoms with Crippen LogP contribution in [-0.4, -0.2) is 52.3 Å². The van der Waals surface area contributed by atoms with Gasteiger partial charge in [0.15, 0.2) is 0 Å². The molecule has 8 nitrogen and oxygen atoms in total. The van der Waals surface area contributed by atoms with Gasteiger partial charge in [-0.3, -0.25) is 19.4 Å². The summed E-state index contributed by atoms with van der Waals surface area (Å²) in [4.78, 5) is 41.3. The molecule has 10 heteroatoms. The van der Waals surface area contributed by atoms with Gasteiger partial charge in [0.05, 0.1) is 12.2 Å². The smallest absolute Gasteiger partial charge is 0.324 e. The van der Waals surface area contributed by atoms with Crippen LogP contribution in [0.5, 0.6) is 0 Å². The average Bonchev–Trinajstić information content (AvgIpc) is 3.14. The van der Waals surface area contributed by atoms with Gasteiger partial charge in [0.1, 0.15) is 18.4 Å². The van der Waals surface area contributed by atoms with Crippen molar-refractivity contribution in [3.63, 3.8) is 0 Å². The third-order valence-corrected chi connectivity index (χ3v) is 5.51. The van der Waals surface area contributed by atoms with Crippen LogP contribution < -0.4 is 10.7 Å². The summed E-state index contributed by atoms with van der Waals surface area (Å²) in [5.74, 6) is -1.30. The first-order valence-corrected chi connectivity index (χ1v) is 10.2. The number of halogens is 2. The van der Waals surface area contributed by atoms with Crippen LogP contribution in [0.1, 0.15) is 11.1 Å². The maximum atomic E-state index is 13.2. The number of hydrazine groups is 1. The second kappa shape index (κ2) is 8.60. The lowest BCUT2D eigenvalue weighted by Gasteiger charge is -2.37. The predicted molar refractivity (Wildman–Crippen MR) is 117 cm³/mol. The van der Waals surface area contributed by atoms with E-state index in [-0.39, 0.29) is 13.1 Å². The van der Waals surface area contributed by atoms with E-state index in [1.165, 1.54) is 29.2 Å². The van der Waals surface area contributed by atoms with E-state index >= 15 is 0 Å². The molecule has 0 aliphatic carbocycles. The zero-order valence-corrected chi connectivity index (χ0v) is 18.2. The molecule has 0 bridgehead atoms. The molecular weight excluding hydrogens is 437 g/mol. The number of nitrogens with one attached hydrogen (secondary N) is 2. The third-order valence-electron chi connectivity index (χ3n) is 5.27. The monoisotopic (exact) mass is 457 g/mol. The van der Waals surface area contributed by atoms with Crippen molar-refractivity contribution < 1.29 is 18.8 Å². The van der Waals surface area contributed by atoms with Crippen molar-refractivity contribution in [1.82, 2.24) is 20.2 Å². The van der Waals surface area contributed by atoms with Crippen molar-refractivity contribution in [3.8, 4) is 0 Å². The molecule has 0 saturated carbocycles. The largest absolute Gasteiger partial charge is 0.331 e. The lowest BCUT2D eigenvalue weighted by Crippen LogP contribution is -2.60. The topological polar surface area (TPSA) is 85.0 Å². The molecule has 2 aliphatic heterocycles. The summed E-state index contributed by atoms with van der Waals surface area (Å²) < 4.78 is 13.2. The molecule has 1 unspecified atom stereocenters. The fourth-order valence-electron chi connectivity index (χ4n) is 3.63. The number of imide groups is 1. The van der Waals surface area contributed by atoms with Crippen LogP contribution in [0.2, 0.25) is 5.02 Å². The van der Waals surface area contributed by atoms with E-state index in [0.29, 0.717) is 22.0 Å². The summed E-state index contributed by atoms with van der Waals surface area (Å²) in [5.41, 5.74) is 5.30. The fourth-order valence-corrected chi connectivity index (χ4v) is 3.80. The number of amides is 4. The lowest BCUT2D eigenvalue weighted by atomic mass is 10.1. The average molecular weight is 458 g/mol. The Hall–Kier alpha value is -3.43. The number of aryl methyl sites for hydroxylation is 1. The summed E-state index contributed by atoms with van der Waals surface area (Å²) in [5, 5.41) is 4.81. The molecule has 2 heterocycles. The number of carbonyl (C=O) groups is 3. The number of anilines is 1. The highest BCUT2D eigenvalue weighted by Gasteiger charge is 2.46. The summed E-state index contributed by atoms with van der Waals surface area (Å²) >= 11 is 6.02. The van der Waals surface area contributed by atoms with E-state index in [2.05, 4.69) is 10.7 Å². The second-order valence-electron chi connectivity index (χ2n) is 7.65. The van der Waals surface area contributed by atoms with Gasteiger partial charge >= 0.3 is 6.03 Å². The number of urea groups is 1. The van der Waals surface area contributed by atoms with E-state index in [0.717, 1.165) is 10.5 Å². The molecule has 2 aromatic rings. The molecule has 0 spiro atoms. The van der Waals surface area contributed by atoms with Crippen LogP contribution in [-0.2, 0) is 16.1 Å². The first-order chi connectivity index (χ1) is 15.2. The van der Waals surface area contributed by atoms with Crippen molar-refractivity contribution in [2.45, 2.75) is 19.5 Å². The molecule has 166 valence electrons. The third kappa shape index (κ3) is 4.30. The Balaban J connectivity index is 1.57. The first-order valence-electron chi connectivity index (χ1n) is 9.87. The van der Waals surface area contributed by atoms with Gasteiger partial charge in [-0.25, -0.2) is 14.6 Å². The normalized spacial score (nSPS) is 18.1. The van der Waals surface area contributed by atoms with Gasteiger partial charge in [-0.2, -0.15) is 0 Å². The number of hydrogen-bond donors (Lipinski definition) is 2. The molecule has 1 fully saturated rings. The van der Waals surface area contributed by atoms with Crippen LogP contribution in [0.4, 0.5) is 14.9 Å². The summed E-state index contributed by atoms with van der Waals surface area (Å²) in [6.45, 7) is 1.49.